The molecule has 18 heavy (non-hydrogen) atoms. The van der Waals surface area contributed by atoms with Gasteiger partial charge in [-0.2, -0.15) is 5.26 Å². The first-order chi connectivity index (χ1) is 8.75. The van der Waals surface area contributed by atoms with Crippen molar-refractivity contribution in [1.82, 2.24) is 0 Å². The van der Waals surface area contributed by atoms with Gasteiger partial charge < -0.3 is 14.2 Å². The van der Waals surface area contributed by atoms with Crippen LogP contribution in [-0.4, -0.2) is 27.4 Å². The van der Waals surface area contributed by atoms with Crippen LogP contribution in [0.5, 0.6) is 11.5 Å². The van der Waals surface area contributed by atoms with Crippen LogP contribution in [-0.2, 0) is 10.2 Å². The van der Waals surface area contributed by atoms with Crippen molar-refractivity contribution in [3.05, 3.63) is 23.8 Å². The maximum atomic E-state index is 8.76. The fourth-order valence-electron chi connectivity index (χ4n) is 2.31. The van der Waals surface area contributed by atoms with Gasteiger partial charge in [-0.1, -0.05) is 6.07 Å². The molecule has 0 spiro atoms. The van der Waals surface area contributed by atoms with Crippen molar-refractivity contribution in [2.24, 2.45) is 0 Å². The molecule has 1 heterocycles. The summed E-state index contributed by atoms with van der Waals surface area (Å²) >= 11 is 0. The third kappa shape index (κ3) is 2.14. The first-order valence-electron chi connectivity index (χ1n) is 5.93. The molecule has 1 fully saturated rings. The normalized spacial score (nSPS) is 16.5. The van der Waals surface area contributed by atoms with Crippen molar-refractivity contribution in [1.29, 1.82) is 5.26 Å². The van der Waals surface area contributed by atoms with Gasteiger partial charge in [0.2, 0.25) is 0 Å². The molecule has 4 nitrogen and oxygen atoms in total. The van der Waals surface area contributed by atoms with E-state index in [0.717, 1.165) is 23.5 Å². The number of ether oxygens (including phenoxy) is 3. The first kappa shape index (κ1) is 12.7. The molecule has 4 heteroatoms. The summed E-state index contributed by atoms with van der Waals surface area (Å²) in [5.41, 5.74) is 1.03. The van der Waals surface area contributed by atoms with Crippen LogP contribution in [0.15, 0.2) is 18.2 Å². The van der Waals surface area contributed by atoms with Gasteiger partial charge in [0.15, 0.2) is 0 Å². The largest absolute Gasteiger partial charge is 0.497 e. The summed E-state index contributed by atoms with van der Waals surface area (Å²) in [5, 5.41) is 8.76. The third-order valence-corrected chi connectivity index (χ3v) is 3.45. The van der Waals surface area contributed by atoms with Crippen LogP contribution in [0.2, 0.25) is 0 Å². The molecule has 1 aliphatic rings. The van der Waals surface area contributed by atoms with E-state index in [1.807, 2.05) is 18.2 Å². The lowest BCUT2D eigenvalue weighted by atomic mass is 9.74. The molecule has 0 aliphatic carbocycles. The fourth-order valence-corrected chi connectivity index (χ4v) is 2.31. The van der Waals surface area contributed by atoms with Crippen LogP contribution in [0.4, 0.5) is 0 Å². The second kappa shape index (κ2) is 5.28. The summed E-state index contributed by atoms with van der Waals surface area (Å²) < 4.78 is 16.0. The van der Waals surface area contributed by atoms with E-state index in [1.165, 1.54) is 0 Å². The smallest absolute Gasteiger partial charge is 0.126 e. The molecular weight excluding hydrogens is 230 g/mol. The van der Waals surface area contributed by atoms with Gasteiger partial charge in [0.1, 0.15) is 11.5 Å². The van der Waals surface area contributed by atoms with Crippen LogP contribution < -0.4 is 9.47 Å². The minimum Gasteiger partial charge on any atom is -0.497 e. The molecule has 2 rings (SSSR count). The summed E-state index contributed by atoms with van der Waals surface area (Å²) in [6.07, 6.45) is 1.32. The maximum Gasteiger partial charge on any atom is 0.126 e. The molecule has 0 bridgehead atoms. The van der Waals surface area contributed by atoms with Gasteiger partial charge in [-0.05, 0) is 12.5 Å². The average molecular weight is 247 g/mol. The number of methoxy groups -OCH3 is 2. The molecule has 0 saturated carbocycles. The number of hydrogen-bond acceptors (Lipinski definition) is 4. The molecule has 1 aromatic rings. The summed E-state index contributed by atoms with van der Waals surface area (Å²) in [4.78, 5) is 0. The Labute approximate surface area is 107 Å². The summed E-state index contributed by atoms with van der Waals surface area (Å²) in [7, 11) is 3.28. The van der Waals surface area contributed by atoms with E-state index >= 15 is 0 Å². The van der Waals surface area contributed by atoms with Gasteiger partial charge in [0.25, 0.3) is 0 Å². The van der Waals surface area contributed by atoms with Crippen LogP contribution in [0, 0.1) is 11.3 Å². The van der Waals surface area contributed by atoms with Crippen molar-refractivity contribution in [2.75, 3.05) is 27.4 Å². The van der Waals surface area contributed by atoms with E-state index < -0.39 is 0 Å². The maximum absolute atomic E-state index is 8.76. The van der Waals surface area contributed by atoms with Gasteiger partial charge in [0, 0.05) is 23.5 Å². The fraction of sp³-hybridized carbons (Fsp3) is 0.500. The highest BCUT2D eigenvalue weighted by Gasteiger charge is 2.41. The lowest BCUT2D eigenvalue weighted by molar-refractivity contribution is -0.0646. The minimum absolute atomic E-state index is 0.0760. The van der Waals surface area contributed by atoms with Crippen molar-refractivity contribution in [3.8, 4) is 17.6 Å². The Hall–Kier alpha value is -1.73. The topological polar surface area (TPSA) is 51.5 Å². The summed E-state index contributed by atoms with van der Waals surface area (Å²) in [6.45, 7) is 1.30. The van der Waals surface area contributed by atoms with Gasteiger partial charge in [-0.3, -0.25) is 0 Å². The van der Waals surface area contributed by atoms with Crippen molar-refractivity contribution >= 4 is 0 Å². The van der Waals surface area contributed by atoms with Gasteiger partial charge in [0.05, 0.1) is 33.5 Å². The number of hydrogen-bond donors (Lipinski definition) is 0. The molecule has 0 amide bonds. The third-order valence-electron chi connectivity index (χ3n) is 3.45. The molecule has 1 saturated heterocycles. The molecule has 0 radical (unpaired) electrons. The van der Waals surface area contributed by atoms with E-state index in [2.05, 4.69) is 6.07 Å². The van der Waals surface area contributed by atoms with Crippen molar-refractivity contribution in [2.45, 2.75) is 18.3 Å². The second-order valence-electron chi connectivity index (χ2n) is 4.50. The lowest BCUT2D eigenvalue weighted by Gasteiger charge is -2.42. The van der Waals surface area contributed by atoms with E-state index in [0.29, 0.717) is 19.6 Å². The highest BCUT2D eigenvalue weighted by Crippen LogP contribution is 2.42. The Bertz CT molecular complexity index is 461. The molecule has 1 aromatic carbocycles. The van der Waals surface area contributed by atoms with Gasteiger partial charge in [-0.15, -0.1) is 0 Å². The average Bonchev–Trinajstić information content (AvgIpc) is 2.37. The summed E-state index contributed by atoms with van der Waals surface area (Å²) in [5.74, 6) is 1.57. The van der Waals surface area contributed by atoms with Crippen LogP contribution in [0.3, 0.4) is 0 Å². The quantitative estimate of drug-likeness (QED) is 0.801. The lowest BCUT2D eigenvalue weighted by Crippen LogP contribution is -2.46. The number of benzene rings is 1. The molecular formula is C14H17NO3. The zero-order valence-corrected chi connectivity index (χ0v) is 10.7. The Morgan fingerprint density at radius 3 is 2.61 bits per heavy atom. The number of rotatable bonds is 5. The number of nitriles is 1. The minimum atomic E-state index is -0.0760. The SMILES string of the molecule is COc1ccc(C2(CCC#N)COC2)c(OC)c1. The Morgan fingerprint density at radius 2 is 2.11 bits per heavy atom. The monoisotopic (exact) mass is 247 g/mol. The van der Waals surface area contributed by atoms with E-state index in [9.17, 15) is 0 Å². The zero-order chi connectivity index (χ0) is 13.0. The van der Waals surface area contributed by atoms with Gasteiger partial charge in [-0.25, -0.2) is 0 Å². The van der Waals surface area contributed by atoms with E-state index in [-0.39, 0.29) is 5.41 Å². The molecule has 0 N–H and O–H groups in total. The molecule has 0 unspecified atom stereocenters. The Morgan fingerprint density at radius 1 is 1.33 bits per heavy atom. The van der Waals surface area contributed by atoms with E-state index in [1.54, 1.807) is 14.2 Å². The highest BCUT2D eigenvalue weighted by atomic mass is 16.5. The predicted molar refractivity (Wildman–Crippen MR) is 66.9 cm³/mol. The van der Waals surface area contributed by atoms with Crippen LogP contribution in [0.1, 0.15) is 18.4 Å². The Kier molecular flexibility index (Phi) is 3.73. The second-order valence-corrected chi connectivity index (χ2v) is 4.50. The first-order valence-corrected chi connectivity index (χ1v) is 5.93. The van der Waals surface area contributed by atoms with E-state index in [4.69, 9.17) is 19.5 Å². The summed E-state index contributed by atoms with van der Waals surface area (Å²) in [6, 6.07) is 8.01. The zero-order valence-electron chi connectivity index (χ0n) is 10.7. The molecule has 1 aliphatic heterocycles. The molecule has 0 atom stereocenters. The standard InChI is InChI=1S/C14H17NO3/c1-16-11-4-5-12(13(8-11)17-2)14(6-3-7-15)9-18-10-14/h4-5,8H,3,6,9-10H2,1-2H3. The predicted octanol–water partition coefficient (Wildman–Crippen LogP) is 2.28. The number of nitrogens with zero attached hydrogens (tertiary/aromatic N) is 1. The Balaban J connectivity index is 2.33. The van der Waals surface area contributed by atoms with Crippen molar-refractivity contribution < 1.29 is 14.2 Å². The molecule has 0 aromatic heterocycles. The van der Waals surface area contributed by atoms with Crippen molar-refractivity contribution in [3.63, 3.8) is 0 Å². The molecule has 96 valence electrons. The van der Waals surface area contributed by atoms with Gasteiger partial charge >= 0.3 is 0 Å². The van der Waals surface area contributed by atoms with Crippen LogP contribution in [0.25, 0.3) is 0 Å². The highest BCUT2D eigenvalue weighted by molar-refractivity contribution is 5.46. The van der Waals surface area contributed by atoms with Crippen LogP contribution >= 0.6 is 0 Å².